The maximum absolute atomic E-state index is 12.2. The summed E-state index contributed by atoms with van der Waals surface area (Å²) in [5.41, 5.74) is 3.58. The van der Waals surface area contributed by atoms with E-state index in [0.29, 0.717) is 24.2 Å². The highest BCUT2D eigenvalue weighted by atomic mass is 16.4. The summed E-state index contributed by atoms with van der Waals surface area (Å²) < 4.78 is 6.68. The van der Waals surface area contributed by atoms with Crippen LogP contribution in [0.4, 0.5) is 0 Å². The summed E-state index contributed by atoms with van der Waals surface area (Å²) in [5, 5.41) is 2.92. The van der Waals surface area contributed by atoms with Crippen LogP contribution in [-0.4, -0.2) is 28.5 Å². The van der Waals surface area contributed by atoms with E-state index in [1.54, 1.807) is 6.07 Å². The SMILES string of the molecule is CCN(CC)Cc1ccc(CNC(=O)CCn2c(=O)oc3ccccc32)cc1. The number of oxazole rings is 1. The van der Waals surface area contributed by atoms with Crippen molar-refractivity contribution in [2.24, 2.45) is 0 Å². The van der Waals surface area contributed by atoms with E-state index in [0.717, 1.165) is 25.2 Å². The first-order chi connectivity index (χ1) is 13.6. The van der Waals surface area contributed by atoms with Crippen LogP contribution in [0.5, 0.6) is 0 Å². The molecule has 0 atom stereocenters. The molecule has 0 aliphatic heterocycles. The van der Waals surface area contributed by atoms with Crippen LogP contribution in [0.3, 0.4) is 0 Å². The summed E-state index contributed by atoms with van der Waals surface area (Å²) >= 11 is 0. The van der Waals surface area contributed by atoms with E-state index in [-0.39, 0.29) is 12.3 Å². The Balaban J connectivity index is 1.50. The number of rotatable bonds is 9. The van der Waals surface area contributed by atoms with Gasteiger partial charge in [0.25, 0.3) is 0 Å². The fourth-order valence-corrected chi connectivity index (χ4v) is 3.20. The zero-order valence-corrected chi connectivity index (χ0v) is 16.5. The van der Waals surface area contributed by atoms with Gasteiger partial charge in [-0.05, 0) is 36.3 Å². The Morgan fingerprint density at radius 3 is 2.43 bits per heavy atom. The predicted octanol–water partition coefficient (Wildman–Crippen LogP) is 3.14. The zero-order valence-electron chi connectivity index (χ0n) is 16.5. The average Bonchev–Trinajstić information content (AvgIpc) is 3.04. The molecule has 1 heterocycles. The summed E-state index contributed by atoms with van der Waals surface area (Å²) in [6.45, 7) is 8.09. The van der Waals surface area contributed by atoms with Gasteiger partial charge in [-0.1, -0.05) is 50.2 Å². The first kappa shape index (κ1) is 19.9. The third kappa shape index (κ3) is 4.89. The molecule has 0 aliphatic rings. The quantitative estimate of drug-likeness (QED) is 0.618. The Morgan fingerprint density at radius 2 is 1.71 bits per heavy atom. The highest BCUT2D eigenvalue weighted by Gasteiger charge is 2.10. The molecule has 0 radical (unpaired) electrons. The molecule has 0 unspecified atom stereocenters. The van der Waals surface area contributed by atoms with Crippen molar-refractivity contribution in [3.05, 3.63) is 70.2 Å². The van der Waals surface area contributed by atoms with Gasteiger partial charge >= 0.3 is 5.76 Å². The largest absolute Gasteiger partial charge is 0.419 e. The monoisotopic (exact) mass is 381 g/mol. The van der Waals surface area contributed by atoms with Crippen molar-refractivity contribution in [2.75, 3.05) is 13.1 Å². The highest BCUT2D eigenvalue weighted by Crippen LogP contribution is 2.12. The maximum atomic E-state index is 12.2. The lowest BCUT2D eigenvalue weighted by molar-refractivity contribution is -0.121. The first-order valence-corrected chi connectivity index (χ1v) is 9.76. The zero-order chi connectivity index (χ0) is 19.9. The third-order valence-electron chi connectivity index (χ3n) is 4.95. The summed E-state index contributed by atoms with van der Waals surface area (Å²) in [4.78, 5) is 26.5. The molecule has 0 spiro atoms. The number of hydrogen-bond acceptors (Lipinski definition) is 4. The minimum absolute atomic E-state index is 0.0931. The number of nitrogens with one attached hydrogen (secondary N) is 1. The van der Waals surface area contributed by atoms with E-state index in [1.165, 1.54) is 10.1 Å². The number of carbonyl (C=O) groups is 1. The molecule has 0 bridgehead atoms. The molecule has 0 saturated heterocycles. The van der Waals surface area contributed by atoms with Gasteiger partial charge in [0.05, 0.1) is 5.52 Å². The van der Waals surface area contributed by atoms with Gasteiger partial charge in [-0.15, -0.1) is 0 Å². The van der Waals surface area contributed by atoms with E-state index in [4.69, 9.17) is 4.42 Å². The molecule has 1 N–H and O–H groups in total. The number of amides is 1. The van der Waals surface area contributed by atoms with Crippen LogP contribution in [0, 0.1) is 0 Å². The number of carbonyl (C=O) groups excluding carboxylic acids is 1. The van der Waals surface area contributed by atoms with Crippen LogP contribution in [0.1, 0.15) is 31.4 Å². The van der Waals surface area contributed by atoms with Crippen molar-refractivity contribution in [3.63, 3.8) is 0 Å². The van der Waals surface area contributed by atoms with Crippen molar-refractivity contribution in [1.29, 1.82) is 0 Å². The van der Waals surface area contributed by atoms with Crippen LogP contribution < -0.4 is 11.1 Å². The first-order valence-electron chi connectivity index (χ1n) is 9.76. The summed E-state index contributed by atoms with van der Waals surface area (Å²) in [6.07, 6.45) is 0.226. The number of aryl methyl sites for hydroxylation is 1. The molecule has 6 nitrogen and oxygen atoms in total. The second-order valence-electron chi connectivity index (χ2n) is 6.79. The normalized spacial score (nSPS) is 11.2. The second kappa shape index (κ2) is 9.37. The molecular weight excluding hydrogens is 354 g/mol. The van der Waals surface area contributed by atoms with Crippen LogP contribution in [-0.2, 0) is 24.4 Å². The van der Waals surface area contributed by atoms with Gasteiger partial charge in [0.15, 0.2) is 5.58 Å². The lowest BCUT2D eigenvalue weighted by Gasteiger charge is -2.18. The van der Waals surface area contributed by atoms with E-state index >= 15 is 0 Å². The van der Waals surface area contributed by atoms with E-state index in [1.807, 2.05) is 30.3 Å². The molecule has 0 saturated carbocycles. The summed E-state index contributed by atoms with van der Waals surface area (Å²) in [7, 11) is 0. The van der Waals surface area contributed by atoms with Crippen LogP contribution >= 0.6 is 0 Å². The standard InChI is InChI=1S/C22H27N3O3/c1-3-24(4-2)16-18-11-9-17(10-12-18)15-23-21(26)13-14-25-19-7-5-6-8-20(19)28-22(25)27/h5-12H,3-4,13-16H2,1-2H3,(H,23,26). The Hall–Kier alpha value is -2.86. The lowest BCUT2D eigenvalue weighted by atomic mass is 10.1. The Kier molecular flexibility index (Phi) is 6.66. The Labute approximate surface area is 164 Å². The second-order valence-corrected chi connectivity index (χ2v) is 6.79. The number of hydrogen-bond donors (Lipinski definition) is 1. The van der Waals surface area contributed by atoms with Crippen molar-refractivity contribution >= 4 is 17.0 Å². The fraction of sp³-hybridized carbons (Fsp3) is 0.364. The summed E-state index contributed by atoms with van der Waals surface area (Å²) in [5.74, 6) is -0.526. The molecule has 28 heavy (non-hydrogen) atoms. The van der Waals surface area contributed by atoms with Gasteiger partial charge < -0.3 is 9.73 Å². The third-order valence-corrected chi connectivity index (χ3v) is 4.95. The van der Waals surface area contributed by atoms with Gasteiger partial charge in [-0.2, -0.15) is 0 Å². The van der Waals surface area contributed by atoms with Crippen molar-refractivity contribution < 1.29 is 9.21 Å². The number of para-hydroxylation sites is 2. The van der Waals surface area contributed by atoms with E-state index in [9.17, 15) is 9.59 Å². The molecule has 0 aliphatic carbocycles. The van der Waals surface area contributed by atoms with E-state index in [2.05, 4.69) is 36.2 Å². The topological polar surface area (TPSA) is 67.5 Å². The number of aromatic nitrogens is 1. The van der Waals surface area contributed by atoms with Crippen LogP contribution in [0.15, 0.2) is 57.7 Å². The molecule has 148 valence electrons. The maximum Gasteiger partial charge on any atom is 0.419 e. The highest BCUT2D eigenvalue weighted by molar-refractivity contribution is 5.76. The average molecular weight is 381 g/mol. The van der Waals surface area contributed by atoms with E-state index < -0.39 is 5.76 Å². The van der Waals surface area contributed by atoms with Gasteiger partial charge in [-0.25, -0.2) is 4.79 Å². The molecule has 2 aromatic carbocycles. The molecule has 3 rings (SSSR count). The lowest BCUT2D eigenvalue weighted by Crippen LogP contribution is -2.25. The molecule has 1 amide bonds. The van der Waals surface area contributed by atoms with Gasteiger partial charge in [-0.3, -0.25) is 14.3 Å². The molecule has 0 fully saturated rings. The van der Waals surface area contributed by atoms with Crippen LogP contribution in [0.25, 0.3) is 11.1 Å². The molecule has 6 heteroatoms. The summed E-state index contributed by atoms with van der Waals surface area (Å²) in [6, 6.07) is 15.5. The van der Waals surface area contributed by atoms with Crippen molar-refractivity contribution in [3.8, 4) is 0 Å². The smallest absolute Gasteiger partial charge is 0.408 e. The Bertz CT molecular complexity index is 969. The molecule has 3 aromatic rings. The van der Waals surface area contributed by atoms with Crippen molar-refractivity contribution in [2.45, 2.75) is 39.9 Å². The van der Waals surface area contributed by atoms with Gasteiger partial charge in [0, 0.05) is 26.1 Å². The minimum atomic E-state index is -0.433. The minimum Gasteiger partial charge on any atom is -0.408 e. The number of fused-ring (bicyclic) bond motifs is 1. The van der Waals surface area contributed by atoms with Crippen molar-refractivity contribution in [1.82, 2.24) is 14.8 Å². The van der Waals surface area contributed by atoms with Crippen LogP contribution in [0.2, 0.25) is 0 Å². The molecule has 1 aromatic heterocycles. The number of benzene rings is 2. The Morgan fingerprint density at radius 1 is 1.04 bits per heavy atom. The van der Waals surface area contributed by atoms with Gasteiger partial charge in [0.1, 0.15) is 0 Å². The fourth-order valence-electron chi connectivity index (χ4n) is 3.20. The molecular formula is C22H27N3O3. The van der Waals surface area contributed by atoms with Gasteiger partial charge in [0.2, 0.25) is 5.91 Å². The number of nitrogens with zero attached hydrogens (tertiary/aromatic N) is 2. The predicted molar refractivity (Wildman–Crippen MR) is 110 cm³/mol.